The summed E-state index contributed by atoms with van der Waals surface area (Å²) in [6, 6.07) is 7.36. The number of likely N-dealkylation sites (tertiary alicyclic amines) is 1. The molecule has 2 heterocycles. The van der Waals surface area contributed by atoms with Gasteiger partial charge in [0.1, 0.15) is 5.75 Å². The van der Waals surface area contributed by atoms with Crippen LogP contribution < -0.4 is 4.74 Å². The van der Waals surface area contributed by atoms with Crippen molar-refractivity contribution in [2.75, 3.05) is 20.2 Å². The van der Waals surface area contributed by atoms with Gasteiger partial charge in [-0.2, -0.15) is 4.98 Å². The first kappa shape index (κ1) is 18.9. The number of ether oxygens (including phenoxy) is 1. The number of carboxylic acids is 1. The predicted octanol–water partition coefficient (Wildman–Crippen LogP) is 2.39. The van der Waals surface area contributed by atoms with E-state index in [-0.39, 0.29) is 5.91 Å². The number of carboxylic acid groups (broad SMARTS) is 1. The van der Waals surface area contributed by atoms with Crippen LogP contribution in [0.4, 0.5) is 0 Å². The molecule has 1 aliphatic rings. The van der Waals surface area contributed by atoms with Gasteiger partial charge in [-0.05, 0) is 43.5 Å². The van der Waals surface area contributed by atoms with Crippen molar-refractivity contribution in [3.8, 4) is 17.1 Å². The third-order valence-corrected chi connectivity index (χ3v) is 4.72. The molecule has 2 aromatic rings. The van der Waals surface area contributed by atoms with Crippen LogP contribution in [0.3, 0.4) is 0 Å². The minimum absolute atomic E-state index is 0.0177. The topological polar surface area (TPSA) is 106 Å². The number of aromatic nitrogens is 2. The number of benzene rings is 1. The number of rotatable bonds is 7. The zero-order chi connectivity index (χ0) is 19.2. The lowest BCUT2D eigenvalue weighted by Crippen LogP contribution is -2.42. The number of aryl methyl sites for hydroxylation is 1. The first-order valence-electron chi connectivity index (χ1n) is 9.04. The van der Waals surface area contributed by atoms with Gasteiger partial charge in [0.25, 0.3) is 0 Å². The van der Waals surface area contributed by atoms with Crippen LogP contribution >= 0.6 is 0 Å². The van der Waals surface area contributed by atoms with Gasteiger partial charge in [-0.15, -0.1) is 0 Å². The summed E-state index contributed by atoms with van der Waals surface area (Å²) in [6.07, 6.45) is 2.79. The third kappa shape index (κ3) is 4.84. The molecule has 1 saturated heterocycles. The largest absolute Gasteiger partial charge is 0.497 e. The average molecular weight is 373 g/mol. The Kier molecular flexibility index (Phi) is 6.05. The van der Waals surface area contributed by atoms with Gasteiger partial charge in [0.15, 0.2) is 0 Å². The maximum absolute atomic E-state index is 12.3. The SMILES string of the molecule is COc1ccc(-c2noc(CCCC(=O)N3CCCC(C(=O)O)C3)n2)cc1. The van der Waals surface area contributed by atoms with Crippen molar-refractivity contribution in [2.24, 2.45) is 5.92 Å². The van der Waals surface area contributed by atoms with Crippen molar-refractivity contribution in [1.29, 1.82) is 0 Å². The molecule has 1 unspecified atom stereocenters. The maximum atomic E-state index is 12.3. The fourth-order valence-corrected chi connectivity index (χ4v) is 3.17. The molecule has 1 N–H and O–H groups in total. The molecule has 0 radical (unpaired) electrons. The zero-order valence-electron chi connectivity index (χ0n) is 15.3. The van der Waals surface area contributed by atoms with Crippen molar-refractivity contribution in [3.05, 3.63) is 30.2 Å². The first-order chi connectivity index (χ1) is 13.1. The highest BCUT2D eigenvalue weighted by Crippen LogP contribution is 2.21. The number of methoxy groups -OCH3 is 1. The van der Waals surface area contributed by atoms with E-state index < -0.39 is 11.9 Å². The Hall–Kier alpha value is -2.90. The third-order valence-electron chi connectivity index (χ3n) is 4.72. The molecule has 27 heavy (non-hydrogen) atoms. The molecular weight excluding hydrogens is 350 g/mol. The van der Waals surface area contributed by atoms with Gasteiger partial charge in [-0.25, -0.2) is 0 Å². The Morgan fingerprint density at radius 1 is 1.33 bits per heavy atom. The van der Waals surface area contributed by atoms with Gasteiger partial charge in [-0.1, -0.05) is 5.16 Å². The second kappa shape index (κ2) is 8.66. The predicted molar refractivity (Wildman–Crippen MR) is 96.2 cm³/mol. The molecule has 1 amide bonds. The maximum Gasteiger partial charge on any atom is 0.308 e. The van der Waals surface area contributed by atoms with Gasteiger partial charge in [0.2, 0.25) is 17.6 Å². The van der Waals surface area contributed by atoms with Gasteiger partial charge in [-0.3, -0.25) is 9.59 Å². The Morgan fingerprint density at radius 3 is 2.81 bits per heavy atom. The van der Waals surface area contributed by atoms with Gasteiger partial charge < -0.3 is 19.3 Å². The Bertz CT molecular complexity index is 787. The molecule has 1 atom stereocenters. The minimum atomic E-state index is -0.829. The highest BCUT2D eigenvalue weighted by atomic mass is 16.5. The monoisotopic (exact) mass is 373 g/mol. The van der Waals surface area contributed by atoms with E-state index in [9.17, 15) is 9.59 Å². The summed E-state index contributed by atoms with van der Waals surface area (Å²) in [7, 11) is 1.61. The summed E-state index contributed by atoms with van der Waals surface area (Å²) < 4.78 is 10.4. The number of nitrogens with zero attached hydrogens (tertiary/aromatic N) is 3. The summed E-state index contributed by atoms with van der Waals surface area (Å²) in [4.78, 5) is 29.4. The molecule has 144 valence electrons. The lowest BCUT2D eigenvalue weighted by atomic mass is 9.98. The van der Waals surface area contributed by atoms with Crippen LogP contribution in [-0.2, 0) is 16.0 Å². The van der Waals surface area contributed by atoms with Crippen LogP contribution in [0.5, 0.6) is 5.75 Å². The second-order valence-corrected chi connectivity index (χ2v) is 6.61. The molecule has 1 aliphatic heterocycles. The summed E-state index contributed by atoms with van der Waals surface area (Å²) >= 11 is 0. The minimum Gasteiger partial charge on any atom is -0.497 e. The molecule has 8 nitrogen and oxygen atoms in total. The van der Waals surface area contributed by atoms with E-state index in [4.69, 9.17) is 14.4 Å². The zero-order valence-corrected chi connectivity index (χ0v) is 15.3. The summed E-state index contributed by atoms with van der Waals surface area (Å²) in [6.45, 7) is 0.932. The summed E-state index contributed by atoms with van der Waals surface area (Å²) in [5.41, 5.74) is 0.829. The van der Waals surface area contributed by atoms with Crippen molar-refractivity contribution < 1.29 is 24.0 Å². The van der Waals surface area contributed by atoms with Crippen LogP contribution in [0.2, 0.25) is 0 Å². The molecule has 1 aromatic heterocycles. The first-order valence-corrected chi connectivity index (χ1v) is 9.04. The molecule has 0 bridgehead atoms. The molecule has 1 aromatic carbocycles. The highest BCUT2D eigenvalue weighted by molar-refractivity contribution is 5.78. The number of carbonyl (C=O) groups is 2. The Morgan fingerprint density at radius 2 is 2.11 bits per heavy atom. The van der Waals surface area contributed by atoms with Crippen molar-refractivity contribution in [2.45, 2.75) is 32.1 Å². The molecule has 1 fully saturated rings. The van der Waals surface area contributed by atoms with E-state index in [0.29, 0.717) is 50.5 Å². The van der Waals surface area contributed by atoms with E-state index in [2.05, 4.69) is 10.1 Å². The molecular formula is C19H23N3O5. The number of piperidine rings is 1. The van der Waals surface area contributed by atoms with Crippen molar-refractivity contribution in [1.82, 2.24) is 15.0 Å². The fourth-order valence-electron chi connectivity index (χ4n) is 3.17. The van der Waals surface area contributed by atoms with E-state index >= 15 is 0 Å². The van der Waals surface area contributed by atoms with Crippen molar-refractivity contribution in [3.63, 3.8) is 0 Å². The number of hydrogen-bond donors (Lipinski definition) is 1. The van der Waals surface area contributed by atoms with Crippen LogP contribution in [0.25, 0.3) is 11.4 Å². The highest BCUT2D eigenvalue weighted by Gasteiger charge is 2.27. The van der Waals surface area contributed by atoms with E-state index in [1.165, 1.54) is 0 Å². The van der Waals surface area contributed by atoms with Crippen molar-refractivity contribution >= 4 is 11.9 Å². The molecule has 8 heteroatoms. The van der Waals surface area contributed by atoms with Crippen LogP contribution in [0.15, 0.2) is 28.8 Å². The second-order valence-electron chi connectivity index (χ2n) is 6.61. The number of carbonyl (C=O) groups excluding carboxylic acids is 1. The number of amides is 1. The lowest BCUT2D eigenvalue weighted by molar-refractivity contribution is -0.145. The van der Waals surface area contributed by atoms with E-state index in [0.717, 1.165) is 17.7 Å². The summed E-state index contributed by atoms with van der Waals surface area (Å²) in [5, 5.41) is 13.1. The van der Waals surface area contributed by atoms with E-state index in [1.807, 2.05) is 24.3 Å². The average Bonchev–Trinajstić information content (AvgIpc) is 3.17. The van der Waals surface area contributed by atoms with Crippen LogP contribution in [0.1, 0.15) is 31.6 Å². The fraction of sp³-hybridized carbons (Fsp3) is 0.474. The van der Waals surface area contributed by atoms with Gasteiger partial charge in [0.05, 0.1) is 13.0 Å². The molecule has 0 aliphatic carbocycles. The van der Waals surface area contributed by atoms with E-state index in [1.54, 1.807) is 12.0 Å². The Labute approximate surface area is 157 Å². The van der Waals surface area contributed by atoms with Gasteiger partial charge in [0, 0.05) is 31.5 Å². The van der Waals surface area contributed by atoms with Gasteiger partial charge >= 0.3 is 5.97 Å². The number of hydrogen-bond acceptors (Lipinski definition) is 6. The molecule has 3 rings (SSSR count). The Balaban J connectivity index is 1.48. The molecule has 0 saturated carbocycles. The smallest absolute Gasteiger partial charge is 0.308 e. The quantitative estimate of drug-likeness (QED) is 0.794. The normalized spacial score (nSPS) is 16.9. The summed E-state index contributed by atoms with van der Waals surface area (Å²) in [5.74, 6) is 0.435. The standard InChI is InChI=1S/C19H23N3O5/c1-26-15-9-7-13(8-10-15)18-20-16(27-21-18)5-2-6-17(23)22-11-3-4-14(12-22)19(24)25/h7-10,14H,2-6,11-12H2,1H3,(H,24,25). The lowest BCUT2D eigenvalue weighted by Gasteiger charge is -2.30. The van der Waals surface area contributed by atoms with Crippen LogP contribution in [0, 0.1) is 5.92 Å². The molecule has 0 spiro atoms. The van der Waals surface area contributed by atoms with Crippen LogP contribution in [-0.4, -0.2) is 52.2 Å². The number of aliphatic carboxylic acids is 1.